The number of rotatable bonds is 7. The van der Waals surface area contributed by atoms with E-state index in [2.05, 4.69) is 35.6 Å². The molecule has 1 aromatic carbocycles. The third kappa shape index (κ3) is 3.16. The van der Waals surface area contributed by atoms with Gasteiger partial charge in [0.2, 0.25) is 0 Å². The van der Waals surface area contributed by atoms with Crippen LogP contribution in [0.3, 0.4) is 0 Å². The zero-order chi connectivity index (χ0) is 13.1. The number of aliphatic hydroxyl groups excluding tert-OH is 1. The van der Waals surface area contributed by atoms with Gasteiger partial charge in [0.1, 0.15) is 0 Å². The van der Waals surface area contributed by atoms with Crippen LogP contribution >= 0.6 is 0 Å². The minimum Gasteiger partial charge on any atom is -0.396 e. The lowest BCUT2D eigenvalue weighted by atomic mass is 9.86. The zero-order valence-electron chi connectivity index (χ0n) is 11.3. The molecule has 0 amide bonds. The standard InChI is InChI=1S/C16H23NO2/c18-10-16(11-19-12-16)9-17-15(14-6-7-14)8-13-4-2-1-3-5-13/h1-5,14-15,17-18H,6-12H2. The lowest BCUT2D eigenvalue weighted by Crippen LogP contribution is -2.54. The second-order valence-electron chi connectivity index (χ2n) is 6.17. The highest BCUT2D eigenvalue weighted by molar-refractivity contribution is 5.16. The van der Waals surface area contributed by atoms with Crippen LogP contribution in [0.25, 0.3) is 0 Å². The Kier molecular flexibility index (Phi) is 3.87. The van der Waals surface area contributed by atoms with E-state index in [-0.39, 0.29) is 12.0 Å². The van der Waals surface area contributed by atoms with Gasteiger partial charge in [-0.25, -0.2) is 0 Å². The van der Waals surface area contributed by atoms with Crippen LogP contribution < -0.4 is 5.32 Å². The molecule has 1 aliphatic heterocycles. The summed E-state index contributed by atoms with van der Waals surface area (Å²) < 4.78 is 5.26. The van der Waals surface area contributed by atoms with Gasteiger partial charge in [0.25, 0.3) is 0 Å². The summed E-state index contributed by atoms with van der Waals surface area (Å²) in [7, 11) is 0. The van der Waals surface area contributed by atoms with Crippen LogP contribution in [0, 0.1) is 11.3 Å². The Bertz CT molecular complexity index is 393. The molecular weight excluding hydrogens is 238 g/mol. The topological polar surface area (TPSA) is 41.5 Å². The van der Waals surface area contributed by atoms with Crippen molar-refractivity contribution in [1.29, 1.82) is 0 Å². The van der Waals surface area contributed by atoms with Crippen molar-refractivity contribution < 1.29 is 9.84 Å². The number of hydrogen-bond acceptors (Lipinski definition) is 3. The van der Waals surface area contributed by atoms with Gasteiger partial charge in [-0.2, -0.15) is 0 Å². The number of ether oxygens (including phenoxy) is 1. The largest absolute Gasteiger partial charge is 0.396 e. The summed E-state index contributed by atoms with van der Waals surface area (Å²) in [6, 6.07) is 11.2. The molecule has 1 aromatic rings. The molecule has 0 spiro atoms. The molecule has 104 valence electrons. The lowest BCUT2D eigenvalue weighted by Gasteiger charge is -2.41. The van der Waals surface area contributed by atoms with Gasteiger partial charge in [0, 0.05) is 12.6 Å². The second kappa shape index (κ2) is 5.61. The normalized spacial score (nSPS) is 22.8. The Morgan fingerprint density at radius 3 is 2.53 bits per heavy atom. The first kappa shape index (κ1) is 13.1. The highest BCUT2D eigenvalue weighted by Crippen LogP contribution is 2.35. The molecule has 2 N–H and O–H groups in total. The highest BCUT2D eigenvalue weighted by atomic mass is 16.5. The summed E-state index contributed by atoms with van der Waals surface area (Å²) >= 11 is 0. The molecule has 1 saturated carbocycles. The summed E-state index contributed by atoms with van der Waals surface area (Å²) in [5.74, 6) is 0.817. The maximum atomic E-state index is 9.47. The van der Waals surface area contributed by atoms with Crippen molar-refractivity contribution in [2.75, 3.05) is 26.4 Å². The molecule has 3 nitrogen and oxygen atoms in total. The molecule has 0 radical (unpaired) electrons. The Morgan fingerprint density at radius 2 is 2.00 bits per heavy atom. The van der Waals surface area contributed by atoms with E-state index in [0.29, 0.717) is 19.3 Å². The van der Waals surface area contributed by atoms with E-state index in [1.165, 1.54) is 18.4 Å². The van der Waals surface area contributed by atoms with Crippen molar-refractivity contribution in [2.24, 2.45) is 11.3 Å². The van der Waals surface area contributed by atoms with E-state index in [9.17, 15) is 5.11 Å². The van der Waals surface area contributed by atoms with Gasteiger partial charge in [-0.15, -0.1) is 0 Å². The molecule has 1 aliphatic carbocycles. The average Bonchev–Trinajstić information content (AvgIpc) is 3.22. The average molecular weight is 261 g/mol. The van der Waals surface area contributed by atoms with Gasteiger partial charge >= 0.3 is 0 Å². The first-order chi connectivity index (χ1) is 9.31. The Labute approximate surface area is 115 Å². The fourth-order valence-corrected chi connectivity index (χ4v) is 2.76. The molecule has 0 bridgehead atoms. The predicted molar refractivity (Wildman–Crippen MR) is 75.0 cm³/mol. The zero-order valence-corrected chi connectivity index (χ0v) is 11.3. The van der Waals surface area contributed by atoms with Crippen LogP contribution in [-0.2, 0) is 11.2 Å². The molecule has 0 aromatic heterocycles. The minimum atomic E-state index is -0.0240. The summed E-state index contributed by atoms with van der Waals surface area (Å²) in [5.41, 5.74) is 1.37. The molecule has 3 rings (SSSR count). The van der Waals surface area contributed by atoms with Crippen molar-refractivity contribution in [3.8, 4) is 0 Å². The molecular formula is C16H23NO2. The third-order valence-electron chi connectivity index (χ3n) is 4.38. The first-order valence-electron chi connectivity index (χ1n) is 7.27. The van der Waals surface area contributed by atoms with Crippen LogP contribution in [0.15, 0.2) is 30.3 Å². The molecule has 3 heteroatoms. The first-order valence-corrected chi connectivity index (χ1v) is 7.27. The van der Waals surface area contributed by atoms with E-state index in [1.807, 2.05) is 0 Å². The SMILES string of the molecule is OCC1(CNC(Cc2ccccc2)C2CC2)COC1. The quantitative estimate of drug-likeness (QED) is 0.783. The lowest BCUT2D eigenvalue weighted by molar-refractivity contribution is -0.135. The van der Waals surface area contributed by atoms with Crippen molar-refractivity contribution in [2.45, 2.75) is 25.3 Å². The monoisotopic (exact) mass is 261 g/mol. The number of nitrogens with one attached hydrogen (secondary N) is 1. The van der Waals surface area contributed by atoms with Crippen LogP contribution in [0.1, 0.15) is 18.4 Å². The second-order valence-corrected chi connectivity index (χ2v) is 6.17. The summed E-state index contributed by atoms with van der Waals surface area (Å²) in [6.45, 7) is 2.48. The molecule has 1 atom stereocenters. The van der Waals surface area contributed by atoms with Gasteiger partial charge < -0.3 is 15.2 Å². The molecule has 2 aliphatic rings. The van der Waals surface area contributed by atoms with Gasteiger partial charge in [-0.1, -0.05) is 30.3 Å². The molecule has 1 heterocycles. The number of benzene rings is 1. The van der Waals surface area contributed by atoms with E-state index in [1.54, 1.807) is 0 Å². The van der Waals surface area contributed by atoms with E-state index >= 15 is 0 Å². The summed E-state index contributed by atoms with van der Waals surface area (Å²) in [4.78, 5) is 0. The molecule has 1 unspecified atom stereocenters. The Balaban J connectivity index is 1.56. The van der Waals surface area contributed by atoms with E-state index < -0.39 is 0 Å². The van der Waals surface area contributed by atoms with Crippen molar-refractivity contribution in [1.82, 2.24) is 5.32 Å². The molecule has 2 fully saturated rings. The third-order valence-corrected chi connectivity index (χ3v) is 4.38. The maximum Gasteiger partial charge on any atom is 0.0579 e. The Morgan fingerprint density at radius 1 is 1.26 bits per heavy atom. The van der Waals surface area contributed by atoms with Gasteiger partial charge in [-0.3, -0.25) is 0 Å². The minimum absolute atomic E-state index is 0.0240. The molecule has 19 heavy (non-hydrogen) atoms. The van der Waals surface area contributed by atoms with E-state index in [4.69, 9.17) is 4.74 Å². The van der Waals surface area contributed by atoms with Crippen molar-refractivity contribution in [3.63, 3.8) is 0 Å². The van der Waals surface area contributed by atoms with Crippen LogP contribution in [0.4, 0.5) is 0 Å². The maximum absolute atomic E-state index is 9.47. The predicted octanol–water partition coefficient (Wildman–Crippen LogP) is 1.61. The van der Waals surface area contributed by atoms with Crippen LogP contribution in [-0.4, -0.2) is 37.5 Å². The summed E-state index contributed by atoms with van der Waals surface area (Å²) in [5, 5.41) is 13.2. The van der Waals surface area contributed by atoms with Crippen molar-refractivity contribution in [3.05, 3.63) is 35.9 Å². The highest BCUT2D eigenvalue weighted by Gasteiger charge is 2.40. The number of aliphatic hydroxyl groups is 1. The summed E-state index contributed by atoms with van der Waals surface area (Å²) in [6.07, 6.45) is 3.77. The van der Waals surface area contributed by atoms with Gasteiger partial charge in [0.15, 0.2) is 0 Å². The molecule has 1 saturated heterocycles. The van der Waals surface area contributed by atoms with Crippen LogP contribution in [0.2, 0.25) is 0 Å². The fourth-order valence-electron chi connectivity index (χ4n) is 2.76. The van der Waals surface area contributed by atoms with Crippen LogP contribution in [0.5, 0.6) is 0 Å². The van der Waals surface area contributed by atoms with Gasteiger partial charge in [0.05, 0.1) is 25.2 Å². The fraction of sp³-hybridized carbons (Fsp3) is 0.625. The van der Waals surface area contributed by atoms with Gasteiger partial charge in [-0.05, 0) is 30.7 Å². The van der Waals surface area contributed by atoms with E-state index in [0.717, 1.165) is 18.9 Å². The Hall–Kier alpha value is -0.900. The van der Waals surface area contributed by atoms with Crippen molar-refractivity contribution >= 4 is 0 Å². The number of hydrogen-bond donors (Lipinski definition) is 2. The smallest absolute Gasteiger partial charge is 0.0579 e.